The van der Waals surface area contributed by atoms with Gasteiger partial charge in [-0.1, -0.05) is 13.0 Å². The number of carbonyl (C=O) groups excluding carboxylic acids is 1. The highest BCUT2D eigenvalue weighted by Gasteiger charge is 2.23. The normalized spacial score (nSPS) is 14.2. The maximum atomic E-state index is 11.7. The fourth-order valence-electron chi connectivity index (χ4n) is 1.29. The number of aliphatic hydroxyl groups is 1. The van der Waals surface area contributed by atoms with Gasteiger partial charge >= 0.3 is 0 Å². The molecule has 16 heavy (non-hydrogen) atoms. The van der Waals surface area contributed by atoms with Crippen molar-refractivity contribution in [3.8, 4) is 0 Å². The number of hydrogen-bond acceptors (Lipinski definition) is 3. The lowest BCUT2D eigenvalue weighted by Crippen LogP contribution is -2.49. The van der Waals surface area contributed by atoms with Gasteiger partial charge in [-0.05, 0) is 25.5 Å². The third-order valence-electron chi connectivity index (χ3n) is 2.64. The molecule has 1 aromatic heterocycles. The summed E-state index contributed by atoms with van der Waals surface area (Å²) in [4.78, 5) is 15.8. The first-order valence-electron chi connectivity index (χ1n) is 5.41. The predicted octanol–water partition coefficient (Wildman–Crippen LogP) is 0.901. The lowest BCUT2D eigenvalue weighted by molar-refractivity contribution is -0.122. The Bertz CT molecular complexity index is 334. The van der Waals surface area contributed by atoms with E-state index in [1.54, 1.807) is 6.20 Å². The molecule has 4 heteroatoms. The van der Waals surface area contributed by atoms with Gasteiger partial charge in [-0.15, -0.1) is 0 Å². The zero-order valence-corrected chi connectivity index (χ0v) is 9.73. The number of nitrogens with zero attached hydrogens (tertiary/aromatic N) is 1. The van der Waals surface area contributed by atoms with Crippen LogP contribution in [0.3, 0.4) is 0 Å². The first-order chi connectivity index (χ1) is 7.59. The molecule has 0 aliphatic carbocycles. The Hall–Kier alpha value is -1.42. The van der Waals surface area contributed by atoms with Crippen LogP contribution >= 0.6 is 0 Å². The number of rotatable bonds is 5. The number of aliphatic hydroxyl groups excluding tert-OH is 1. The van der Waals surface area contributed by atoms with Crippen LogP contribution in [0, 0.1) is 0 Å². The van der Waals surface area contributed by atoms with Crippen molar-refractivity contribution in [2.45, 2.75) is 32.2 Å². The quantitative estimate of drug-likeness (QED) is 0.778. The molecule has 0 saturated carbocycles. The average molecular weight is 222 g/mol. The Morgan fingerprint density at radius 2 is 2.31 bits per heavy atom. The van der Waals surface area contributed by atoms with Crippen LogP contribution in [0.5, 0.6) is 0 Å². The third-order valence-corrected chi connectivity index (χ3v) is 2.64. The lowest BCUT2D eigenvalue weighted by atomic mass is 10.00. The van der Waals surface area contributed by atoms with Gasteiger partial charge < -0.3 is 10.4 Å². The Morgan fingerprint density at radius 3 is 2.81 bits per heavy atom. The summed E-state index contributed by atoms with van der Waals surface area (Å²) < 4.78 is 0. The molecule has 0 aromatic carbocycles. The molecule has 2 N–H and O–H groups in total. The number of hydrogen-bond donors (Lipinski definition) is 2. The summed E-state index contributed by atoms with van der Waals surface area (Å²) in [6.45, 7) is 3.69. The van der Waals surface area contributed by atoms with E-state index in [1.165, 1.54) is 0 Å². The van der Waals surface area contributed by atoms with Gasteiger partial charge in [-0.25, -0.2) is 0 Å². The molecule has 1 rings (SSSR count). The third kappa shape index (κ3) is 3.62. The summed E-state index contributed by atoms with van der Waals surface area (Å²) >= 11 is 0. The molecule has 0 bridgehead atoms. The number of pyridine rings is 1. The van der Waals surface area contributed by atoms with Crippen LogP contribution in [0.1, 0.15) is 26.0 Å². The van der Waals surface area contributed by atoms with Crippen molar-refractivity contribution in [2.24, 2.45) is 0 Å². The van der Waals surface area contributed by atoms with Gasteiger partial charge in [-0.3, -0.25) is 9.78 Å². The number of aromatic nitrogens is 1. The molecule has 1 aromatic rings. The van der Waals surface area contributed by atoms with Crippen molar-refractivity contribution in [3.63, 3.8) is 0 Å². The molecule has 4 nitrogen and oxygen atoms in total. The molecule has 0 radical (unpaired) electrons. The fourth-order valence-corrected chi connectivity index (χ4v) is 1.29. The second-order valence-corrected chi connectivity index (χ2v) is 4.12. The Morgan fingerprint density at radius 1 is 1.56 bits per heavy atom. The van der Waals surface area contributed by atoms with Crippen LogP contribution in [-0.4, -0.2) is 28.1 Å². The minimum absolute atomic E-state index is 0.0581. The molecule has 1 unspecified atom stereocenters. The van der Waals surface area contributed by atoms with Crippen molar-refractivity contribution >= 4 is 5.91 Å². The SMILES string of the molecule is CCC(C)(CO)NC(=O)Cc1ccccn1. The molecular weight excluding hydrogens is 204 g/mol. The number of nitrogens with one attached hydrogen (secondary N) is 1. The van der Waals surface area contributed by atoms with Crippen molar-refractivity contribution in [1.29, 1.82) is 0 Å². The monoisotopic (exact) mass is 222 g/mol. The topological polar surface area (TPSA) is 62.2 Å². The Kier molecular flexibility index (Phi) is 4.43. The van der Waals surface area contributed by atoms with Crippen LogP contribution in [-0.2, 0) is 11.2 Å². The van der Waals surface area contributed by atoms with Crippen molar-refractivity contribution in [1.82, 2.24) is 10.3 Å². The summed E-state index contributed by atoms with van der Waals surface area (Å²) in [5, 5.41) is 12.0. The van der Waals surface area contributed by atoms with Gasteiger partial charge in [0.05, 0.1) is 18.6 Å². The van der Waals surface area contributed by atoms with Gasteiger partial charge in [0.25, 0.3) is 0 Å². The molecule has 1 heterocycles. The van der Waals surface area contributed by atoms with E-state index in [1.807, 2.05) is 32.0 Å². The molecule has 1 atom stereocenters. The molecule has 0 spiro atoms. The maximum Gasteiger partial charge on any atom is 0.226 e. The van der Waals surface area contributed by atoms with Gasteiger partial charge in [0.1, 0.15) is 0 Å². The predicted molar refractivity (Wildman–Crippen MR) is 61.9 cm³/mol. The van der Waals surface area contributed by atoms with E-state index in [9.17, 15) is 4.79 Å². The van der Waals surface area contributed by atoms with Crippen LogP contribution in [0.25, 0.3) is 0 Å². The van der Waals surface area contributed by atoms with Crippen molar-refractivity contribution in [3.05, 3.63) is 30.1 Å². The van der Waals surface area contributed by atoms with E-state index in [0.717, 1.165) is 5.69 Å². The largest absolute Gasteiger partial charge is 0.394 e. The molecular formula is C12H18N2O2. The van der Waals surface area contributed by atoms with E-state index in [-0.39, 0.29) is 18.9 Å². The lowest BCUT2D eigenvalue weighted by Gasteiger charge is -2.27. The second-order valence-electron chi connectivity index (χ2n) is 4.12. The van der Waals surface area contributed by atoms with Crippen LogP contribution < -0.4 is 5.32 Å². The molecule has 0 fully saturated rings. The smallest absolute Gasteiger partial charge is 0.226 e. The highest BCUT2D eigenvalue weighted by atomic mass is 16.3. The van der Waals surface area contributed by atoms with Crippen LogP contribution in [0.2, 0.25) is 0 Å². The Balaban J connectivity index is 2.54. The summed E-state index contributed by atoms with van der Waals surface area (Å²) in [5.41, 5.74) is 0.197. The van der Waals surface area contributed by atoms with Gasteiger partial charge in [0.15, 0.2) is 0 Å². The Labute approximate surface area is 95.7 Å². The standard InChI is InChI=1S/C12H18N2O2/c1-3-12(2,9-15)14-11(16)8-10-6-4-5-7-13-10/h4-7,15H,3,8-9H2,1-2H3,(H,14,16). The molecule has 1 amide bonds. The number of amides is 1. The highest BCUT2D eigenvalue weighted by Crippen LogP contribution is 2.08. The van der Waals surface area contributed by atoms with Crippen LogP contribution in [0.4, 0.5) is 0 Å². The van der Waals surface area contributed by atoms with Gasteiger partial charge in [0.2, 0.25) is 5.91 Å². The zero-order valence-electron chi connectivity index (χ0n) is 9.73. The maximum absolute atomic E-state index is 11.7. The van der Waals surface area contributed by atoms with E-state index in [4.69, 9.17) is 5.11 Å². The van der Waals surface area contributed by atoms with Crippen molar-refractivity contribution < 1.29 is 9.90 Å². The summed E-state index contributed by atoms with van der Waals surface area (Å²) in [6, 6.07) is 5.47. The molecule has 0 saturated heterocycles. The first kappa shape index (κ1) is 12.6. The highest BCUT2D eigenvalue weighted by molar-refractivity contribution is 5.78. The molecule has 0 aliphatic rings. The van der Waals surface area contributed by atoms with Gasteiger partial charge in [0, 0.05) is 11.9 Å². The van der Waals surface area contributed by atoms with E-state index in [2.05, 4.69) is 10.3 Å². The average Bonchev–Trinajstić information content (AvgIpc) is 2.30. The molecule has 0 aliphatic heterocycles. The van der Waals surface area contributed by atoms with Crippen molar-refractivity contribution in [2.75, 3.05) is 6.61 Å². The second kappa shape index (κ2) is 5.61. The van der Waals surface area contributed by atoms with E-state index >= 15 is 0 Å². The zero-order chi connectivity index (χ0) is 12.0. The van der Waals surface area contributed by atoms with E-state index in [0.29, 0.717) is 6.42 Å². The first-order valence-corrected chi connectivity index (χ1v) is 5.41. The summed E-state index contributed by atoms with van der Waals surface area (Å²) in [5.74, 6) is -0.114. The van der Waals surface area contributed by atoms with Crippen LogP contribution in [0.15, 0.2) is 24.4 Å². The van der Waals surface area contributed by atoms with Gasteiger partial charge in [-0.2, -0.15) is 0 Å². The fraction of sp³-hybridized carbons (Fsp3) is 0.500. The number of carbonyl (C=O) groups is 1. The minimum atomic E-state index is -0.536. The summed E-state index contributed by atoms with van der Waals surface area (Å²) in [7, 11) is 0. The molecule has 88 valence electrons. The minimum Gasteiger partial charge on any atom is -0.394 e. The van der Waals surface area contributed by atoms with E-state index < -0.39 is 5.54 Å². The summed E-state index contributed by atoms with van der Waals surface area (Å²) in [6.07, 6.45) is 2.60.